The zero-order chi connectivity index (χ0) is 93.2. The fraction of sp³-hybridized carbons (Fsp3) is 0.0299. The lowest BCUT2D eigenvalue weighted by Gasteiger charge is -2.26. The maximum atomic E-state index is 6.62. The van der Waals surface area contributed by atoms with Crippen LogP contribution in [0.2, 0.25) is 0 Å². The molecule has 0 saturated carbocycles. The zero-order valence-electron chi connectivity index (χ0n) is 77.8. The van der Waals surface area contributed by atoms with Gasteiger partial charge in [0.05, 0.1) is 22.1 Å². The highest BCUT2D eigenvalue weighted by atomic mass is 16.3. The Hall–Kier alpha value is -18.1. The number of hydrogen-bond acceptors (Lipinski definition) is 4. The summed E-state index contributed by atoms with van der Waals surface area (Å²) in [5.74, 6) is 0. The second-order valence-electron chi connectivity index (χ2n) is 37.3. The van der Waals surface area contributed by atoms with Gasteiger partial charge in [0.25, 0.3) is 0 Å². The molecule has 4 aromatic heterocycles. The van der Waals surface area contributed by atoms with Crippen LogP contribution >= 0.6 is 0 Å². The van der Waals surface area contributed by atoms with Gasteiger partial charge in [0.15, 0.2) is 0 Å². The number of furan rings is 2. The van der Waals surface area contributed by atoms with E-state index in [-0.39, 0.29) is 0 Å². The van der Waals surface area contributed by atoms with Crippen molar-refractivity contribution < 1.29 is 8.83 Å². The average molecular weight is 1790 g/mol. The van der Waals surface area contributed by atoms with Crippen LogP contribution < -0.4 is 9.80 Å². The normalized spacial score (nSPS) is 11.7. The lowest BCUT2D eigenvalue weighted by molar-refractivity contribution is 0.668. The van der Waals surface area contributed by atoms with Crippen molar-refractivity contribution in [3.8, 4) is 55.9 Å². The molecule has 140 heavy (non-hydrogen) atoms. The first-order valence-corrected chi connectivity index (χ1v) is 48.2. The van der Waals surface area contributed by atoms with E-state index in [4.69, 9.17) is 8.83 Å². The predicted molar refractivity (Wildman–Crippen MR) is 595 cm³/mol. The summed E-state index contributed by atoms with van der Waals surface area (Å²) in [7, 11) is 0. The Kier molecular flexibility index (Phi) is 20.1. The van der Waals surface area contributed by atoms with Crippen LogP contribution in [0.5, 0.6) is 0 Å². The van der Waals surface area contributed by atoms with E-state index in [1.165, 1.54) is 181 Å². The molecule has 0 amide bonds. The van der Waals surface area contributed by atoms with E-state index in [2.05, 4.69) is 532 Å². The van der Waals surface area contributed by atoms with Crippen LogP contribution in [-0.4, -0.2) is 9.13 Å². The van der Waals surface area contributed by atoms with Crippen molar-refractivity contribution in [1.29, 1.82) is 0 Å². The van der Waals surface area contributed by atoms with E-state index in [9.17, 15) is 0 Å². The number of aryl methyl sites for hydroxylation is 4. The maximum absolute atomic E-state index is 6.62. The van der Waals surface area contributed by atoms with Crippen LogP contribution in [0.25, 0.3) is 219 Å². The fourth-order valence-corrected chi connectivity index (χ4v) is 22.1. The number of fused-ring (bicyclic) bond motifs is 22. The lowest BCUT2D eigenvalue weighted by Crippen LogP contribution is -2.10. The van der Waals surface area contributed by atoms with Crippen molar-refractivity contribution in [2.24, 2.45) is 0 Å². The van der Waals surface area contributed by atoms with Crippen molar-refractivity contribution in [2.75, 3.05) is 9.80 Å². The number of anilines is 6. The van der Waals surface area contributed by atoms with E-state index in [1.54, 1.807) is 0 Å². The summed E-state index contributed by atoms with van der Waals surface area (Å²) in [6.07, 6.45) is 0. The van der Waals surface area contributed by atoms with Gasteiger partial charge in [-0.15, -0.1) is 0 Å². The molecule has 0 aliphatic heterocycles. The van der Waals surface area contributed by atoms with Crippen molar-refractivity contribution in [2.45, 2.75) is 27.7 Å². The number of nitrogens with zero attached hydrogens (tertiary/aromatic N) is 4. The summed E-state index contributed by atoms with van der Waals surface area (Å²) in [5, 5.41) is 27.2. The molecule has 4 heterocycles. The van der Waals surface area contributed by atoms with E-state index >= 15 is 0 Å². The highest BCUT2D eigenvalue weighted by molar-refractivity contribution is 6.29. The Morgan fingerprint density at radius 2 is 0.529 bits per heavy atom. The van der Waals surface area contributed by atoms with Gasteiger partial charge in [0.1, 0.15) is 22.3 Å². The van der Waals surface area contributed by atoms with Crippen LogP contribution in [0.1, 0.15) is 22.3 Å². The smallest absolute Gasteiger partial charge is 0.137 e. The standard InChI is InChI=1S/C50H38N2O2.C46H29N.C38H25N/c1-31-9-5-13-37(21-31)51(38-14-6-10-32(2)22-38)41-17-19-43-45-25-35-26-46-44-20-18-42(30-50(44)54-48(46)28-36(35)27-47(45)53-49(43)29-41)52(39-15-7-11-33(3)23-39)40-16-8-12-34(4)24-40;1-2-14-32(15-3-1)43-37-18-8-10-20-39(37)44(40-21-11-9-19-38(40)43)33-22-26-34(27-23-33)47-41-28-24-30-12-4-6-16-35(30)45(41)46-36-17-7-5-13-31(36)25-29-42(46)47;1-2-11-30(12-3-1)39-37-17-9-8-16-34(37)36-24-28(22-23-38(36)39)26-18-20-27(21-19-26)35-25-29-10-4-5-13-31(29)32-14-6-7-15-33(32)35/h5-30H,1-4H3;1-29H;1-25H. The monoisotopic (exact) mass is 1790 g/mol. The fourth-order valence-electron chi connectivity index (χ4n) is 22.1. The van der Waals surface area contributed by atoms with Crippen molar-refractivity contribution in [3.05, 3.63) is 508 Å². The molecule has 0 N–H and O–H groups in total. The second kappa shape index (κ2) is 34.1. The topological polar surface area (TPSA) is 42.6 Å². The number of para-hydroxylation sites is 2. The van der Waals surface area contributed by atoms with Gasteiger partial charge in [-0.2, -0.15) is 0 Å². The molecule has 660 valence electrons. The molecule has 28 rings (SSSR count). The Labute approximate surface area is 810 Å². The molecule has 0 fully saturated rings. The van der Waals surface area contributed by atoms with Gasteiger partial charge in [-0.3, -0.25) is 0 Å². The van der Waals surface area contributed by atoms with Crippen LogP contribution in [0.4, 0.5) is 34.1 Å². The number of rotatable bonds is 12. The lowest BCUT2D eigenvalue weighted by atomic mass is 9.86. The van der Waals surface area contributed by atoms with Gasteiger partial charge in [-0.1, -0.05) is 315 Å². The molecular weight excluding hydrogens is 1700 g/mol. The molecule has 6 nitrogen and oxygen atoms in total. The summed E-state index contributed by atoms with van der Waals surface area (Å²) >= 11 is 0. The van der Waals surface area contributed by atoms with E-state index in [1.807, 2.05) is 0 Å². The van der Waals surface area contributed by atoms with Gasteiger partial charge >= 0.3 is 0 Å². The summed E-state index contributed by atoms with van der Waals surface area (Å²) in [6, 6.07) is 176. The Bertz CT molecular complexity index is 9380. The number of benzene rings is 24. The third kappa shape index (κ3) is 14.3. The summed E-state index contributed by atoms with van der Waals surface area (Å²) in [6.45, 7) is 8.53. The molecule has 0 radical (unpaired) electrons. The second-order valence-corrected chi connectivity index (χ2v) is 37.3. The Morgan fingerprint density at radius 3 is 1.03 bits per heavy atom. The molecule has 0 aliphatic rings. The zero-order valence-corrected chi connectivity index (χ0v) is 77.8. The van der Waals surface area contributed by atoms with E-state index in [0.29, 0.717) is 0 Å². The van der Waals surface area contributed by atoms with Gasteiger partial charge in [-0.25, -0.2) is 0 Å². The van der Waals surface area contributed by atoms with Crippen LogP contribution in [-0.2, 0) is 0 Å². The number of hydrogen-bond donors (Lipinski definition) is 0. The van der Waals surface area contributed by atoms with E-state index < -0.39 is 0 Å². The summed E-state index contributed by atoms with van der Waals surface area (Å²) < 4.78 is 18.1. The van der Waals surface area contributed by atoms with Gasteiger partial charge < -0.3 is 27.8 Å². The molecule has 24 aromatic carbocycles. The third-order valence-corrected chi connectivity index (χ3v) is 28.5. The highest BCUT2D eigenvalue weighted by Gasteiger charge is 2.25. The molecule has 0 saturated heterocycles. The first-order chi connectivity index (χ1) is 69.0. The molecular formula is C134H92N4O2. The molecule has 0 bridgehead atoms. The van der Waals surface area contributed by atoms with Gasteiger partial charge in [0.2, 0.25) is 0 Å². The predicted octanol–water partition coefficient (Wildman–Crippen LogP) is 38.0. The molecule has 0 atom stereocenters. The molecule has 0 aliphatic carbocycles. The maximum Gasteiger partial charge on any atom is 0.137 e. The van der Waals surface area contributed by atoms with Gasteiger partial charge in [0, 0.05) is 101 Å². The molecule has 28 aromatic rings. The first kappa shape index (κ1) is 82.6. The van der Waals surface area contributed by atoms with Crippen molar-refractivity contribution in [1.82, 2.24) is 9.13 Å². The van der Waals surface area contributed by atoms with Crippen molar-refractivity contribution in [3.63, 3.8) is 0 Å². The number of aromatic nitrogens is 2. The Morgan fingerprint density at radius 1 is 0.171 bits per heavy atom. The van der Waals surface area contributed by atoms with Crippen LogP contribution in [0, 0.1) is 27.7 Å². The SMILES string of the molecule is Cc1cccc(N(c2cccc(C)c2)c2ccc3c(c2)oc2cc4cc5oc6cc(N(c7cccc(C)c7)c7cccc(C)c7)ccc6c5cc4cc23)c1.c1ccc(-c2c3ccccc3c(-c3ccc(-n4c5ccc6ccccc6c5c5c6ccccc6ccc54)cc3)c3ccccc23)cc1.c1ccc(-n2c3ccccc3c3cc(-c4ccc(-c5cc6ccccc6c6ccccc56)cc4)ccc32)cc1. The quantitative estimate of drug-likeness (QED) is 0.0903. The average Bonchev–Trinajstić information content (AvgIpc) is 1.66. The van der Waals surface area contributed by atoms with Gasteiger partial charge in [-0.05, 0) is 328 Å². The highest BCUT2D eigenvalue weighted by Crippen LogP contribution is 2.50. The molecule has 0 unspecified atom stereocenters. The van der Waals surface area contributed by atoms with Crippen molar-refractivity contribution >= 4 is 197 Å². The summed E-state index contributed by atoms with van der Waals surface area (Å²) in [5.41, 5.74) is 32.1. The molecule has 0 spiro atoms. The van der Waals surface area contributed by atoms with Crippen LogP contribution in [0.3, 0.4) is 0 Å². The largest absolute Gasteiger partial charge is 0.456 e. The third-order valence-electron chi connectivity index (χ3n) is 28.5. The van der Waals surface area contributed by atoms with Crippen LogP contribution in [0.15, 0.2) is 494 Å². The Balaban J connectivity index is 0.000000109. The first-order valence-electron chi connectivity index (χ1n) is 48.2. The minimum Gasteiger partial charge on any atom is -0.456 e. The minimum absolute atomic E-state index is 0.858. The summed E-state index contributed by atoms with van der Waals surface area (Å²) in [4.78, 5) is 4.60. The van der Waals surface area contributed by atoms with E-state index in [0.717, 1.165) is 94.5 Å². The minimum atomic E-state index is 0.858. The molecule has 6 heteroatoms.